The molecule has 0 spiro atoms. The molecule has 2 aromatic rings. The van der Waals surface area contributed by atoms with E-state index in [1.54, 1.807) is 11.3 Å². The van der Waals surface area contributed by atoms with Crippen molar-refractivity contribution in [3.05, 3.63) is 23.8 Å². The highest BCUT2D eigenvalue weighted by atomic mass is 32.1. The molecule has 1 fully saturated rings. The Morgan fingerprint density at radius 1 is 1.50 bits per heavy atom. The highest BCUT2D eigenvalue weighted by Gasteiger charge is 2.27. The third kappa shape index (κ3) is 2.65. The van der Waals surface area contributed by atoms with Gasteiger partial charge in [-0.05, 0) is 48.9 Å². The lowest BCUT2D eigenvalue weighted by Crippen LogP contribution is -2.21. The molecule has 1 aromatic carbocycles. The van der Waals surface area contributed by atoms with Crippen molar-refractivity contribution in [2.75, 3.05) is 12.3 Å². The van der Waals surface area contributed by atoms with Crippen LogP contribution in [0.15, 0.2) is 18.2 Å². The minimum atomic E-state index is 0.650. The van der Waals surface area contributed by atoms with E-state index < -0.39 is 0 Å². The number of hydrogen-bond donors (Lipinski definition) is 2. The van der Waals surface area contributed by atoms with E-state index in [4.69, 9.17) is 5.73 Å². The number of nitrogens with one attached hydrogen (secondary N) is 1. The van der Waals surface area contributed by atoms with Crippen LogP contribution in [0.25, 0.3) is 10.2 Å². The van der Waals surface area contributed by atoms with E-state index in [0.29, 0.717) is 5.13 Å². The molecule has 0 radical (unpaired) electrons. The normalized spacial score (nSPS) is 17.2. The van der Waals surface area contributed by atoms with Gasteiger partial charge in [0, 0.05) is 6.54 Å². The van der Waals surface area contributed by atoms with Crippen molar-refractivity contribution in [3.8, 4) is 0 Å². The summed E-state index contributed by atoms with van der Waals surface area (Å²) in [5.41, 5.74) is 8.03. The molecular formula is C14H19N3S. The van der Waals surface area contributed by atoms with Crippen LogP contribution in [0.4, 0.5) is 5.13 Å². The molecule has 18 heavy (non-hydrogen) atoms. The zero-order valence-electron chi connectivity index (χ0n) is 10.6. The molecule has 3 rings (SSSR count). The molecule has 0 amide bonds. The first-order valence-electron chi connectivity index (χ1n) is 6.58. The van der Waals surface area contributed by atoms with E-state index in [2.05, 4.69) is 35.4 Å². The van der Waals surface area contributed by atoms with Gasteiger partial charge in [0.1, 0.15) is 0 Å². The first-order valence-corrected chi connectivity index (χ1v) is 7.39. The largest absolute Gasteiger partial charge is 0.375 e. The SMILES string of the molecule is CC(CNCc1ccc2nc(N)sc2c1)C1CC1. The predicted octanol–water partition coefficient (Wildman–Crippen LogP) is 3.01. The Kier molecular flexibility index (Phi) is 3.22. The van der Waals surface area contributed by atoms with Crippen molar-refractivity contribution < 1.29 is 0 Å². The average Bonchev–Trinajstić information content (AvgIpc) is 3.11. The van der Waals surface area contributed by atoms with Crippen LogP contribution >= 0.6 is 11.3 Å². The van der Waals surface area contributed by atoms with Crippen molar-refractivity contribution in [1.82, 2.24) is 10.3 Å². The van der Waals surface area contributed by atoms with Crippen LogP contribution in [0, 0.1) is 11.8 Å². The second kappa shape index (κ2) is 4.86. The number of anilines is 1. The molecule has 0 saturated heterocycles. The number of thiazole rings is 1. The van der Waals surface area contributed by atoms with Gasteiger partial charge in [0.15, 0.2) is 5.13 Å². The number of nitrogens with two attached hydrogens (primary N) is 1. The maximum Gasteiger partial charge on any atom is 0.181 e. The smallest absolute Gasteiger partial charge is 0.181 e. The van der Waals surface area contributed by atoms with Crippen LogP contribution in [0.5, 0.6) is 0 Å². The van der Waals surface area contributed by atoms with Crippen LogP contribution in [-0.2, 0) is 6.54 Å². The van der Waals surface area contributed by atoms with Gasteiger partial charge in [-0.25, -0.2) is 4.98 Å². The highest BCUT2D eigenvalue weighted by Crippen LogP contribution is 2.36. The van der Waals surface area contributed by atoms with Crippen LogP contribution in [-0.4, -0.2) is 11.5 Å². The van der Waals surface area contributed by atoms with Crippen molar-refractivity contribution in [2.24, 2.45) is 11.8 Å². The first kappa shape index (κ1) is 11.9. The minimum Gasteiger partial charge on any atom is -0.375 e. The maximum atomic E-state index is 5.71. The molecular weight excluding hydrogens is 242 g/mol. The maximum absolute atomic E-state index is 5.71. The molecule has 3 N–H and O–H groups in total. The van der Waals surface area contributed by atoms with Gasteiger partial charge in [0.2, 0.25) is 0 Å². The molecule has 96 valence electrons. The van der Waals surface area contributed by atoms with Gasteiger partial charge in [0.05, 0.1) is 10.2 Å². The Morgan fingerprint density at radius 3 is 3.11 bits per heavy atom. The fourth-order valence-corrected chi connectivity index (χ4v) is 3.17. The molecule has 1 atom stereocenters. The number of nitrogens with zero attached hydrogens (tertiary/aromatic N) is 1. The molecule has 1 saturated carbocycles. The number of benzene rings is 1. The number of fused-ring (bicyclic) bond motifs is 1. The zero-order chi connectivity index (χ0) is 12.5. The Bertz CT molecular complexity index is 545. The van der Waals surface area contributed by atoms with Gasteiger partial charge in [-0.3, -0.25) is 0 Å². The Morgan fingerprint density at radius 2 is 2.33 bits per heavy atom. The van der Waals surface area contributed by atoms with Crippen molar-refractivity contribution in [1.29, 1.82) is 0 Å². The quantitative estimate of drug-likeness (QED) is 0.870. The van der Waals surface area contributed by atoms with Gasteiger partial charge in [0.25, 0.3) is 0 Å². The van der Waals surface area contributed by atoms with Gasteiger partial charge in [-0.1, -0.05) is 24.3 Å². The molecule has 1 aromatic heterocycles. The lowest BCUT2D eigenvalue weighted by atomic mass is 10.1. The summed E-state index contributed by atoms with van der Waals surface area (Å²) in [6, 6.07) is 6.39. The van der Waals surface area contributed by atoms with Crippen LogP contribution in [0.1, 0.15) is 25.3 Å². The van der Waals surface area contributed by atoms with E-state index in [9.17, 15) is 0 Å². The number of hydrogen-bond acceptors (Lipinski definition) is 4. The van der Waals surface area contributed by atoms with E-state index in [0.717, 1.165) is 30.4 Å². The van der Waals surface area contributed by atoms with Crippen LogP contribution in [0.3, 0.4) is 0 Å². The van der Waals surface area contributed by atoms with Gasteiger partial charge >= 0.3 is 0 Å². The predicted molar refractivity (Wildman–Crippen MR) is 77.6 cm³/mol. The van der Waals surface area contributed by atoms with Crippen molar-refractivity contribution in [2.45, 2.75) is 26.3 Å². The average molecular weight is 261 g/mol. The topological polar surface area (TPSA) is 50.9 Å². The molecule has 1 unspecified atom stereocenters. The molecule has 1 heterocycles. The highest BCUT2D eigenvalue weighted by molar-refractivity contribution is 7.22. The van der Waals surface area contributed by atoms with Crippen molar-refractivity contribution >= 4 is 26.7 Å². The molecule has 1 aliphatic carbocycles. The summed E-state index contributed by atoms with van der Waals surface area (Å²) in [7, 11) is 0. The lowest BCUT2D eigenvalue weighted by Gasteiger charge is -2.11. The molecule has 1 aliphatic rings. The molecule has 0 bridgehead atoms. The number of rotatable bonds is 5. The van der Waals surface area contributed by atoms with Gasteiger partial charge in [-0.2, -0.15) is 0 Å². The summed E-state index contributed by atoms with van der Waals surface area (Å²) < 4.78 is 1.18. The second-order valence-electron chi connectivity index (χ2n) is 5.30. The number of nitrogen functional groups attached to an aromatic ring is 1. The summed E-state index contributed by atoms with van der Waals surface area (Å²) >= 11 is 1.56. The van der Waals surface area contributed by atoms with E-state index in [1.807, 2.05) is 0 Å². The summed E-state index contributed by atoms with van der Waals surface area (Å²) in [5, 5.41) is 4.20. The second-order valence-corrected chi connectivity index (χ2v) is 6.36. The van der Waals surface area contributed by atoms with E-state index >= 15 is 0 Å². The summed E-state index contributed by atoms with van der Waals surface area (Å²) in [4.78, 5) is 4.27. The first-order chi connectivity index (χ1) is 8.72. The van der Waals surface area contributed by atoms with Gasteiger partial charge < -0.3 is 11.1 Å². The Hall–Kier alpha value is -1.13. The van der Waals surface area contributed by atoms with Gasteiger partial charge in [-0.15, -0.1) is 0 Å². The zero-order valence-corrected chi connectivity index (χ0v) is 11.5. The summed E-state index contributed by atoms with van der Waals surface area (Å²) in [6.07, 6.45) is 2.85. The standard InChI is InChI=1S/C14H19N3S/c1-9(11-3-4-11)7-16-8-10-2-5-12-13(6-10)18-14(15)17-12/h2,5-6,9,11,16H,3-4,7-8H2,1H3,(H2,15,17). The summed E-state index contributed by atoms with van der Waals surface area (Å²) in [6.45, 7) is 4.40. The monoisotopic (exact) mass is 261 g/mol. The Balaban J connectivity index is 1.59. The molecule has 4 heteroatoms. The fourth-order valence-electron chi connectivity index (χ4n) is 2.37. The Labute approximate surface area is 111 Å². The molecule has 0 aliphatic heterocycles. The van der Waals surface area contributed by atoms with Crippen LogP contribution < -0.4 is 11.1 Å². The summed E-state index contributed by atoms with van der Waals surface area (Å²) in [5.74, 6) is 1.79. The number of aromatic nitrogens is 1. The minimum absolute atomic E-state index is 0.650. The van der Waals surface area contributed by atoms with Crippen LogP contribution in [0.2, 0.25) is 0 Å². The third-order valence-electron chi connectivity index (χ3n) is 3.69. The third-order valence-corrected chi connectivity index (χ3v) is 4.54. The molecule has 3 nitrogen and oxygen atoms in total. The fraction of sp³-hybridized carbons (Fsp3) is 0.500. The van der Waals surface area contributed by atoms with E-state index in [1.165, 1.54) is 23.1 Å². The van der Waals surface area contributed by atoms with Crippen molar-refractivity contribution in [3.63, 3.8) is 0 Å². The van der Waals surface area contributed by atoms with E-state index in [-0.39, 0.29) is 0 Å². The lowest BCUT2D eigenvalue weighted by molar-refractivity contribution is 0.462.